The average Bonchev–Trinajstić information content (AvgIpc) is 4.15. The summed E-state index contributed by atoms with van der Waals surface area (Å²) in [6.07, 6.45) is -16.2. The van der Waals surface area contributed by atoms with Crippen LogP contribution >= 0.6 is 22.7 Å². The second-order valence-corrected chi connectivity index (χ2v) is 18.8. The van der Waals surface area contributed by atoms with E-state index in [1.165, 1.54) is 48.7 Å². The van der Waals surface area contributed by atoms with Crippen LogP contribution in [-0.4, -0.2) is 47.2 Å². The smallest absolute Gasteiger partial charge is 0.428 e. The van der Waals surface area contributed by atoms with Crippen LogP contribution in [0.3, 0.4) is 0 Å². The minimum atomic E-state index is -4.91. The molecule has 0 fully saturated rings. The van der Waals surface area contributed by atoms with Crippen LogP contribution in [0.2, 0.25) is 0 Å². The third kappa shape index (κ3) is 17.7. The number of nitrogen functional groups attached to an aromatic ring is 1. The third-order valence-electron chi connectivity index (χ3n) is 11.1. The molecule has 81 heavy (non-hydrogen) atoms. The van der Waals surface area contributed by atoms with Crippen LogP contribution < -0.4 is 31.2 Å². The third-order valence-corrected chi connectivity index (χ3v) is 12.3. The normalized spacial score (nSPS) is 12.6. The van der Waals surface area contributed by atoms with Crippen LogP contribution in [0.25, 0.3) is 0 Å². The molecule has 0 spiro atoms. The van der Waals surface area contributed by atoms with Crippen molar-refractivity contribution in [2.45, 2.75) is 63.3 Å². The summed E-state index contributed by atoms with van der Waals surface area (Å²) in [6, 6.07) is 30.6. The number of nitrogens with one attached hydrogen (secondary N) is 3. The minimum absolute atomic E-state index is 0. The first-order valence-electron chi connectivity index (χ1n) is 23.1. The van der Waals surface area contributed by atoms with Crippen LogP contribution in [0.4, 0.5) is 72.5 Å². The number of carbonyl (C=O) groups is 2. The Kier molecular flexibility index (Phi) is 21.9. The number of ether oxygens (including phenoxy) is 3. The number of hydrogen-bond donors (Lipinski definition) is 4. The molecule has 0 saturated heterocycles. The van der Waals surface area contributed by atoms with Gasteiger partial charge in [0.2, 0.25) is 0 Å². The maximum absolute atomic E-state index is 14.8. The number of alkyl halides is 8. The van der Waals surface area contributed by atoms with Crippen molar-refractivity contribution in [1.82, 2.24) is 20.6 Å². The molecule has 8 rings (SSSR count). The summed E-state index contributed by atoms with van der Waals surface area (Å²) >= 11 is 2.57. The van der Waals surface area contributed by atoms with Crippen LogP contribution in [0.5, 0.6) is 11.5 Å². The number of alkyl carbamates (subject to hydrolysis) is 1. The molecule has 8 aromatic rings. The van der Waals surface area contributed by atoms with Gasteiger partial charge in [0.1, 0.15) is 34.8 Å². The molecular formula is C56H48F12N6O5S2. The molecule has 0 aliphatic carbocycles. The summed E-state index contributed by atoms with van der Waals surface area (Å²) in [5.74, 6) is -5.21. The van der Waals surface area contributed by atoms with Crippen molar-refractivity contribution < 1.29 is 76.5 Å². The van der Waals surface area contributed by atoms with E-state index in [1.54, 1.807) is 72.2 Å². The van der Waals surface area contributed by atoms with Gasteiger partial charge in [0, 0.05) is 48.1 Å². The van der Waals surface area contributed by atoms with Crippen molar-refractivity contribution in [3.05, 3.63) is 238 Å². The monoisotopic (exact) mass is 1180 g/mol. The molecule has 0 aliphatic heterocycles. The zero-order chi connectivity index (χ0) is 58.3. The van der Waals surface area contributed by atoms with Gasteiger partial charge in [-0.3, -0.25) is 5.32 Å². The summed E-state index contributed by atoms with van der Waals surface area (Å²) < 4.78 is 176. The van der Waals surface area contributed by atoms with E-state index in [9.17, 15) is 62.3 Å². The second kappa shape index (κ2) is 28.0. The summed E-state index contributed by atoms with van der Waals surface area (Å²) in [5, 5.41) is 12.2. The highest BCUT2D eigenvalue weighted by atomic mass is 32.1. The standard InChI is InChI=1S/C26H19F6N3O2S.C26H21F6NO3.C3H4N2S.CH4/c27-19-8-6-17(7-9-19)25(15-16-4-2-1-3-5-16,35-23(36)34-24-33-10-11-38-24)18-12-20(28)14-21(13-18)37-26(31,32)22(29)30;1-16(2)35-24(34)33-25(15-17-6-4-3-5-7-17,18-8-10-20(27)11-9-18)19-12-21(28)14-22(13-19)36-26(31,32)23(29)30;4-3-5-1-2-6-3;/h1-14,22H,15H2,(H2,33,34,35,36);3-14,23H,1,15H2,2H3,(H,33,34);1-2H,(H2,4,5);1H4/t2*25-;;/m11../s1. The Morgan fingerprint density at radius 1 is 0.580 bits per heavy atom. The first kappa shape index (κ1) is 63.3. The van der Waals surface area contributed by atoms with Gasteiger partial charge in [-0.1, -0.05) is 98.9 Å². The zero-order valence-corrected chi connectivity index (χ0v) is 42.9. The number of hydrogen-bond acceptors (Lipinski definition) is 10. The first-order chi connectivity index (χ1) is 37.9. The highest BCUT2D eigenvalue weighted by Gasteiger charge is 2.46. The average molecular weight is 1180 g/mol. The largest absolute Gasteiger partial charge is 0.461 e. The first-order valence-corrected chi connectivity index (χ1v) is 24.8. The molecule has 0 unspecified atom stereocenters. The number of thiazole rings is 2. The SMILES string of the molecule is C.C=C(C)OC(=O)N[C@](Cc1ccccc1)(c1ccc(F)cc1)c1cc(F)cc(OC(F)(F)C(F)F)c1.Nc1nccs1.O=C(Nc1nccs1)N[C@](Cc1ccccc1)(c1ccc(F)cc1)c1cc(F)cc(OC(F)(F)C(F)F)c1. The Labute approximate surface area is 464 Å². The maximum atomic E-state index is 14.8. The number of aromatic nitrogens is 2. The van der Waals surface area contributed by atoms with Gasteiger partial charge in [-0.25, -0.2) is 37.1 Å². The number of amides is 3. The van der Waals surface area contributed by atoms with E-state index in [1.807, 2.05) is 5.38 Å². The van der Waals surface area contributed by atoms with Crippen molar-refractivity contribution in [3.63, 3.8) is 0 Å². The maximum Gasteiger partial charge on any atom is 0.461 e. The van der Waals surface area contributed by atoms with Crippen molar-refractivity contribution in [3.8, 4) is 11.5 Å². The molecule has 2 atom stereocenters. The molecule has 0 bridgehead atoms. The summed E-state index contributed by atoms with van der Waals surface area (Å²) in [7, 11) is 0. The number of anilines is 2. The summed E-state index contributed by atoms with van der Waals surface area (Å²) in [5.41, 5.74) is 3.12. The summed E-state index contributed by atoms with van der Waals surface area (Å²) in [6.45, 7) is 4.88. The van der Waals surface area contributed by atoms with Gasteiger partial charge in [-0.2, -0.15) is 35.1 Å². The lowest BCUT2D eigenvalue weighted by Gasteiger charge is -2.36. The highest BCUT2D eigenvalue weighted by Crippen LogP contribution is 2.40. The number of nitrogens with two attached hydrogens (primary N) is 1. The zero-order valence-electron chi connectivity index (χ0n) is 41.3. The van der Waals surface area contributed by atoms with Crippen LogP contribution in [0, 0.1) is 23.3 Å². The number of halogens is 12. The van der Waals surface area contributed by atoms with E-state index < -0.39 is 83.0 Å². The fourth-order valence-corrected chi connectivity index (χ4v) is 8.64. The van der Waals surface area contributed by atoms with E-state index in [0.717, 1.165) is 59.9 Å². The Hall–Kier alpha value is -8.58. The number of benzene rings is 6. The minimum Gasteiger partial charge on any atom is -0.428 e. The van der Waals surface area contributed by atoms with Crippen LogP contribution in [-0.2, 0) is 28.7 Å². The van der Waals surface area contributed by atoms with Crippen LogP contribution in [0.15, 0.2) is 181 Å². The van der Waals surface area contributed by atoms with Crippen molar-refractivity contribution in [2.75, 3.05) is 11.1 Å². The van der Waals surface area contributed by atoms with E-state index in [0.29, 0.717) is 28.4 Å². The van der Waals surface area contributed by atoms with Gasteiger partial charge < -0.3 is 30.6 Å². The van der Waals surface area contributed by atoms with Crippen molar-refractivity contribution >= 4 is 45.1 Å². The molecule has 5 N–H and O–H groups in total. The molecule has 0 aliphatic rings. The fourth-order valence-electron chi connectivity index (χ4n) is 7.73. The molecule has 2 heterocycles. The molecule has 0 saturated carbocycles. The molecule has 3 amide bonds. The van der Waals surface area contributed by atoms with E-state index in [4.69, 9.17) is 10.5 Å². The number of urea groups is 1. The second-order valence-electron chi connectivity index (χ2n) is 16.9. The Morgan fingerprint density at radius 3 is 1.36 bits per heavy atom. The van der Waals surface area contributed by atoms with Gasteiger partial charge in [-0.15, -0.1) is 22.7 Å². The molecule has 25 heteroatoms. The number of carbonyl (C=O) groups excluding carboxylic acids is 2. The van der Waals surface area contributed by atoms with E-state index >= 15 is 0 Å². The predicted molar refractivity (Wildman–Crippen MR) is 283 cm³/mol. The van der Waals surface area contributed by atoms with Crippen LogP contribution in [0.1, 0.15) is 47.7 Å². The predicted octanol–water partition coefficient (Wildman–Crippen LogP) is 15.3. The molecule has 0 radical (unpaired) electrons. The Balaban J connectivity index is 0.000000266. The van der Waals surface area contributed by atoms with Gasteiger partial charge in [-0.05, 0) is 88.8 Å². The highest BCUT2D eigenvalue weighted by molar-refractivity contribution is 7.13. The summed E-state index contributed by atoms with van der Waals surface area (Å²) in [4.78, 5) is 33.6. The van der Waals surface area contributed by atoms with Crippen molar-refractivity contribution in [2.24, 2.45) is 0 Å². The molecule has 6 aromatic carbocycles. The van der Waals surface area contributed by atoms with Gasteiger partial charge in [0.15, 0.2) is 10.3 Å². The fraction of sp³-hybridized carbons (Fsp3) is 0.179. The Bertz CT molecular complexity index is 3280. The van der Waals surface area contributed by atoms with Gasteiger partial charge in [0.25, 0.3) is 0 Å². The van der Waals surface area contributed by atoms with E-state index in [2.05, 4.69) is 42.0 Å². The molecule has 2 aromatic heterocycles. The van der Waals surface area contributed by atoms with Crippen molar-refractivity contribution in [1.29, 1.82) is 0 Å². The lowest BCUT2D eigenvalue weighted by molar-refractivity contribution is -0.253. The molecule has 11 nitrogen and oxygen atoms in total. The number of nitrogens with zero attached hydrogens (tertiary/aromatic N) is 2. The lowest BCUT2D eigenvalue weighted by Crippen LogP contribution is -2.50. The molecular weight excluding hydrogens is 1130 g/mol. The van der Waals surface area contributed by atoms with Gasteiger partial charge in [0.05, 0.1) is 16.8 Å². The molecule has 428 valence electrons. The quantitative estimate of drug-likeness (QED) is 0.0490. The number of allylic oxidation sites excluding steroid dienone is 1. The lowest BCUT2D eigenvalue weighted by atomic mass is 9.77. The van der Waals surface area contributed by atoms with E-state index in [-0.39, 0.29) is 53.4 Å². The number of rotatable bonds is 18. The Morgan fingerprint density at radius 2 is 1.00 bits per heavy atom. The van der Waals surface area contributed by atoms with Gasteiger partial charge >= 0.3 is 37.2 Å². The topological polar surface area (TPSA) is 150 Å².